The van der Waals surface area contributed by atoms with Gasteiger partial charge in [-0.25, -0.2) is 13.4 Å². The van der Waals surface area contributed by atoms with Gasteiger partial charge in [-0.05, 0) is 30.7 Å². The van der Waals surface area contributed by atoms with E-state index in [1.807, 2.05) is 25.1 Å². The van der Waals surface area contributed by atoms with Gasteiger partial charge in [0.25, 0.3) is 0 Å². The van der Waals surface area contributed by atoms with Crippen LogP contribution >= 0.6 is 0 Å². The van der Waals surface area contributed by atoms with Gasteiger partial charge in [0.2, 0.25) is 15.9 Å². The average molecular weight is 454 g/mol. The molecule has 1 fully saturated rings. The molecule has 0 aliphatic carbocycles. The Labute approximate surface area is 186 Å². The smallest absolute Gasteiger partial charge is 0.238 e. The number of benzene rings is 1. The Morgan fingerprint density at radius 2 is 2.06 bits per heavy atom. The van der Waals surface area contributed by atoms with Gasteiger partial charge in [0.15, 0.2) is 0 Å². The van der Waals surface area contributed by atoms with E-state index in [0.29, 0.717) is 17.7 Å². The summed E-state index contributed by atoms with van der Waals surface area (Å²) in [6, 6.07) is 9.60. The van der Waals surface area contributed by atoms with Crippen LogP contribution in [-0.4, -0.2) is 50.9 Å². The maximum absolute atomic E-state index is 11.8. The van der Waals surface area contributed by atoms with Gasteiger partial charge in [-0.2, -0.15) is 5.26 Å². The van der Waals surface area contributed by atoms with Gasteiger partial charge in [-0.3, -0.25) is 9.71 Å². The Hall–Kier alpha value is -3.26. The minimum absolute atomic E-state index is 0.0262. The summed E-state index contributed by atoms with van der Waals surface area (Å²) in [6.07, 6.45) is 3.95. The van der Waals surface area contributed by atoms with Crippen LogP contribution < -0.4 is 14.8 Å². The lowest BCUT2D eigenvalue weighted by Gasteiger charge is -2.31. The minimum Gasteiger partial charge on any atom is -0.480 e. The maximum atomic E-state index is 11.8. The number of morpholine rings is 1. The molecule has 1 aliphatic rings. The van der Waals surface area contributed by atoms with Crippen molar-refractivity contribution >= 4 is 26.6 Å². The summed E-state index contributed by atoms with van der Waals surface area (Å²) in [5, 5.41) is 13.9. The first kappa shape index (κ1) is 22.0. The highest BCUT2D eigenvalue weighted by Crippen LogP contribution is 2.35. The van der Waals surface area contributed by atoms with Gasteiger partial charge < -0.3 is 14.8 Å². The van der Waals surface area contributed by atoms with Crippen LogP contribution in [-0.2, 0) is 14.8 Å². The topological polar surface area (TPSA) is 126 Å². The minimum atomic E-state index is -3.52. The van der Waals surface area contributed by atoms with Crippen LogP contribution in [0.15, 0.2) is 36.7 Å². The van der Waals surface area contributed by atoms with Crippen LogP contribution in [0.4, 0.5) is 5.69 Å². The molecular weight excluding hydrogens is 430 g/mol. The molecule has 9 nitrogen and oxygen atoms in total. The van der Waals surface area contributed by atoms with Gasteiger partial charge >= 0.3 is 0 Å². The zero-order valence-corrected chi connectivity index (χ0v) is 18.7. The molecule has 0 bridgehead atoms. The lowest BCUT2D eigenvalue weighted by atomic mass is 9.92. The fourth-order valence-corrected chi connectivity index (χ4v) is 4.44. The van der Waals surface area contributed by atoms with Crippen molar-refractivity contribution in [3.8, 4) is 23.1 Å². The normalized spacial score (nSPS) is 18.8. The van der Waals surface area contributed by atoms with Crippen molar-refractivity contribution < 1.29 is 17.9 Å². The molecule has 3 heterocycles. The highest BCUT2D eigenvalue weighted by molar-refractivity contribution is 7.92. The Morgan fingerprint density at radius 1 is 1.25 bits per heavy atom. The first-order valence-electron chi connectivity index (χ1n) is 10.0. The third-order valence-corrected chi connectivity index (χ3v) is 5.90. The number of nitrogens with one attached hydrogen (secondary N) is 2. The average Bonchev–Trinajstić information content (AvgIpc) is 2.77. The van der Waals surface area contributed by atoms with Crippen LogP contribution in [0.3, 0.4) is 0 Å². The van der Waals surface area contributed by atoms with Crippen LogP contribution in [0.2, 0.25) is 0 Å². The van der Waals surface area contributed by atoms with Gasteiger partial charge in [0, 0.05) is 41.5 Å². The standard InChI is InChI=1S/C22H23N5O4S/c1-13-21(31-7-6-24-13)20-16(10-23)12-25-18-5-4-14(8-17(18)20)15-9-19(27-32(3,28)29)22(30-2)26-11-15/h4-5,8-9,11-13,21,24,27H,6-7H2,1-3H3. The van der Waals surface area contributed by atoms with Crippen molar-refractivity contribution in [2.75, 3.05) is 31.2 Å². The van der Waals surface area contributed by atoms with Crippen molar-refractivity contribution in [2.24, 2.45) is 0 Å². The monoisotopic (exact) mass is 453 g/mol. The molecule has 10 heteroatoms. The van der Waals surface area contributed by atoms with Crippen LogP contribution in [0.5, 0.6) is 5.88 Å². The van der Waals surface area contributed by atoms with Crippen molar-refractivity contribution in [3.05, 3.63) is 47.8 Å². The lowest BCUT2D eigenvalue weighted by Crippen LogP contribution is -2.41. The van der Waals surface area contributed by atoms with Crippen LogP contribution in [0.25, 0.3) is 22.0 Å². The van der Waals surface area contributed by atoms with Crippen molar-refractivity contribution in [1.29, 1.82) is 5.26 Å². The number of fused-ring (bicyclic) bond motifs is 1. The van der Waals surface area contributed by atoms with Crippen molar-refractivity contribution in [3.63, 3.8) is 0 Å². The SMILES string of the molecule is COc1ncc(-c2ccc3ncc(C#N)c(C4OCCNC4C)c3c2)cc1NS(C)(=O)=O. The summed E-state index contributed by atoms with van der Waals surface area (Å²) < 4.78 is 37.2. The van der Waals surface area contributed by atoms with E-state index in [2.05, 4.69) is 26.1 Å². The van der Waals surface area contributed by atoms with E-state index >= 15 is 0 Å². The molecule has 1 aromatic carbocycles. The van der Waals surface area contributed by atoms with Gasteiger partial charge in [0.1, 0.15) is 11.8 Å². The number of ether oxygens (including phenoxy) is 2. The highest BCUT2D eigenvalue weighted by atomic mass is 32.2. The molecule has 166 valence electrons. The number of hydrogen-bond acceptors (Lipinski definition) is 8. The number of sulfonamides is 1. The second-order valence-electron chi connectivity index (χ2n) is 7.62. The molecule has 32 heavy (non-hydrogen) atoms. The highest BCUT2D eigenvalue weighted by Gasteiger charge is 2.28. The van der Waals surface area contributed by atoms with E-state index in [1.165, 1.54) is 7.11 Å². The van der Waals surface area contributed by atoms with Gasteiger partial charge in [-0.15, -0.1) is 0 Å². The first-order valence-corrected chi connectivity index (χ1v) is 11.9. The third-order valence-electron chi connectivity index (χ3n) is 5.31. The third kappa shape index (κ3) is 4.36. The summed E-state index contributed by atoms with van der Waals surface area (Å²) in [6.45, 7) is 3.32. The van der Waals surface area contributed by atoms with Crippen molar-refractivity contribution in [1.82, 2.24) is 15.3 Å². The van der Waals surface area contributed by atoms with E-state index < -0.39 is 10.0 Å². The van der Waals surface area contributed by atoms with E-state index in [-0.39, 0.29) is 23.7 Å². The molecule has 2 N–H and O–H groups in total. The molecule has 0 saturated carbocycles. The molecule has 0 amide bonds. The molecule has 0 radical (unpaired) electrons. The van der Waals surface area contributed by atoms with E-state index in [1.54, 1.807) is 18.5 Å². The molecule has 1 aliphatic heterocycles. The molecule has 1 saturated heterocycles. The fraction of sp³-hybridized carbons (Fsp3) is 0.318. The quantitative estimate of drug-likeness (QED) is 0.604. The number of aromatic nitrogens is 2. The fourth-order valence-electron chi connectivity index (χ4n) is 3.89. The number of nitrogens with zero attached hydrogens (tertiary/aromatic N) is 3. The Morgan fingerprint density at radius 3 is 2.75 bits per heavy atom. The first-order chi connectivity index (χ1) is 15.3. The zero-order valence-electron chi connectivity index (χ0n) is 17.9. The molecule has 0 spiro atoms. The predicted octanol–water partition coefficient (Wildman–Crippen LogP) is 2.60. The summed E-state index contributed by atoms with van der Waals surface area (Å²) >= 11 is 0. The molecular formula is C22H23N5O4S. The summed E-state index contributed by atoms with van der Waals surface area (Å²) in [5.41, 5.74) is 3.70. The van der Waals surface area contributed by atoms with Gasteiger partial charge in [-0.1, -0.05) is 6.07 Å². The Balaban J connectivity index is 1.88. The second-order valence-corrected chi connectivity index (χ2v) is 9.37. The number of nitriles is 1. The Kier molecular flexibility index (Phi) is 5.97. The predicted molar refractivity (Wildman–Crippen MR) is 121 cm³/mol. The summed E-state index contributed by atoms with van der Waals surface area (Å²) in [7, 11) is -2.10. The number of pyridine rings is 2. The largest absolute Gasteiger partial charge is 0.480 e. The molecule has 4 rings (SSSR count). The van der Waals surface area contributed by atoms with Crippen molar-refractivity contribution in [2.45, 2.75) is 19.1 Å². The molecule has 2 atom stereocenters. The zero-order chi connectivity index (χ0) is 22.9. The van der Waals surface area contributed by atoms with Gasteiger partial charge in [0.05, 0.1) is 37.2 Å². The lowest BCUT2D eigenvalue weighted by molar-refractivity contribution is 0.000486. The summed E-state index contributed by atoms with van der Waals surface area (Å²) in [4.78, 5) is 8.68. The van der Waals surface area contributed by atoms with E-state index in [0.717, 1.165) is 34.8 Å². The van der Waals surface area contributed by atoms with E-state index in [9.17, 15) is 13.7 Å². The number of methoxy groups -OCH3 is 1. The van der Waals surface area contributed by atoms with E-state index in [4.69, 9.17) is 9.47 Å². The number of hydrogen-bond donors (Lipinski definition) is 2. The molecule has 2 unspecified atom stereocenters. The number of anilines is 1. The molecule has 3 aromatic rings. The second kappa shape index (κ2) is 8.70. The molecule has 2 aromatic heterocycles. The maximum Gasteiger partial charge on any atom is 0.238 e. The Bertz CT molecular complexity index is 1320. The van der Waals surface area contributed by atoms with Crippen LogP contribution in [0, 0.1) is 11.3 Å². The summed E-state index contributed by atoms with van der Waals surface area (Å²) in [5.74, 6) is 0.171. The number of rotatable bonds is 5. The van der Waals surface area contributed by atoms with Crippen LogP contribution in [0.1, 0.15) is 24.2 Å².